The molecule has 0 fully saturated rings. The molecule has 0 radical (unpaired) electrons. The van der Waals surface area contributed by atoms with E-state index in [0.29, 0.717) is 23.1 Å². The van der Waals surface area contributed by atoms with Gasteiger partial charge in [-0.05, 0) is 18.2 Å². The first-order valence-corrected chi connectivity index (χ1v) is 9.52. The predicted octanol–water partition coefficient (Wildman–Crippen LogP) is 2.87. The molecule has 8 nitrogen and oxygen atoms in total. The fourth-order valence-corrected chi connectivity index (χ4v) is 2.92. The van der Waals surface area contributed by atoms with Gasteiger partial charge in [-0.1, -0.05) is 19.9 Å². The average molecular weight is 375 g/mol. The van der Waals surface area contributed by atoms with E-state index in [0.717, 1.165) is 9.99 Å². The summed E-state index contributed by atoms with van der Waals surface area (Å²) in [4.78, 5) is 8.84. The number of nitrogens with zero attached hydrogens (tertiary/aromatic N) is 4. The minimum absolute atomic E-state index is 0.177. The first kappa shape index (κ1) is 18.2. The zero-order chi connectivity index (χ0) is 18.9. The normalized spacial score (nSPS) is 12.1. The fraction of sp³-hybridized carbons (Fsp3) is 0.294. The Kier molecular flexibility index (Phi) is 4.84. The molecule has 2 aromatic heterocycles. The quantitative estimate of drug-likeness (QED) is 0.715. The highest BCUT2D eigenvalue weighted by Crippen LogP contribution is 2.25. The Bertz CT molecular complexity index is 1000. The molecule has 2 heterocycles. The van der Waals surface area contributed by atoms with Crippen molar-refractivity contribution in [2.24, 2.45) is 0 Å². The summed E-state index contributed by atoms with van der Waals surface area (Å²) >= 11 is 0. The molecule has 0 aliphatic heterocycles. The Morgan fingerprint density at radius 3 is 2.69 bits per heavy atom. The molecule has 26 heavy (non-hydrogen) atoms. The highest BCUT2D eigenvalue weighted by atomic mass is 32.2. The summed E-state index contributed by atoms with van der Waals surface area (Å²) in [6.45, 7) is 4.00. The molecule has 0 saturated carbocycles. The first-order chi connectivity index (χ1) is 12.3. The number of anilines is 1. The Balaban J connectivity index is 1.96. The number of imidazole rings is 1. The summed E-state index contributed by atoms with van der Waals surface area (Å²) in [5, 5.41) is 0. The predicted molar refractivity (Wildman–Crippen MR) is 99.4 cm³/mol. The lowest BCUT2D eigenvalue weighted by Crippen LogP contribution is -2.28. The first-order valence-electron chi connectivity index (χ1n) is 8.08. The van der Waals surface area contributed by atoms with Gasteiger partial charge in [-0.15, -0.1) is 0 Å². The van der Waals surface area contributed by atoms with Crippen molar-refractivity contribution in [2.75, 3.05) is 18.8 Å². The molecule has 0 bridgehead atoms. The van der Waals surface area contributed by atoms with Crippen LogP contribution in [0.4, 0.5) is 5.69 Å². The molecule has 0 aliphatic carbocycles. The summed E-state index contributed by atoms with van der Waals surface area (Å²) in [6.07, 6.45) is 5.03. The second-order valence-corrected chi connectivity index (χ2v) is 8.17. The molecule has 0 unspecified atom stereocenters. The van der Waals surface area contributed by atoms with E-state index in [9.17, 15) is 8.42 Å². The van der Waals surface area contributed by atoms with Crippen LogP contribution in [-0.4, -0.2) is 41.4 Å². The van der Waals surface area contributed by atoms with Crippen LogP contribution in [0.2, 0.25) is 0 Å². The van der Waals surface area contributed by atoms with E-state index in [1.54, 1.807) is 36.9 Å². The molecule has 0 amide bonds. The van der Waals surface area contributed by atoms with Crippen molar-refractivity contribution < 1.29 is 12.8 Å². The van der Waals surface area contributed by atoms with Gasteiger partial charge in [-0.2, -0.15) is 12.7 Å². The van der Waals surface area contributed by atoms with Crippen molar-refractivity contribution in [3.05, 3.63) is 48.8 Å². The summed E-state index contributed by atoms with van der Waals surface area (Å²) in [5.41, 5.74) is 1.84. The molecule has 3 aromatic rings. The lowest BCUT2D eigenvalue weighted by atomic mass is 10.2. The third-order valence-electron chi connectivity index (χ3n) is 3.74. The van der Waals surface area contributed by atoms with Gasteiger partial charge in [0.2, 0.25) is 0 Å². The second kappa shape index (κ2) is 6.93. The summed E-state index contributed by atoms with van der Waals surface area (Å²) in [7, 11) is -0.636. The minimum atomic E-state index is -3.57. The SMILES string of the molecule is CC(C)c1nc(-c2nccn2-c2cccc(NS(=O)(=O)N(C)C)c2)co1. The molecule has 9 heteroatoms. The maximum atomic E-state index is 12.0. The molecule has 0 aliphatic rings. The largest absolute Gasteiger partial charge is 0.448 e. The van der Waals surface area contributed by atoms with Gasteiger partial charge >= 0.3 is 10.2 Å². The van der Waals surface area contributed by atoms with Crippen molar-refractivity contribution in [1.82, 2.24) is 18.8 Å². The molecule has 138 valence electrons. The van der Waals surface area contributed by atoms with Gasteiger partial charge in [0.15, 0.2) is 11.7 Å². The lowest BCUT2D eigenvalue weighted by molar-refractivity contribution is 0.471. The van der Waals surface area contributed by atoms with Crippen LogP contribution < -0.4 is 4.72 Å². The minimum Gasteiger partial charge on any atom is -0.448 e. The van der Waals surface area contributed by atoms with Gasteiger partial charge in [-0.3, -0.25) is 9.29 Å². The summed E-state index contributed by atoms with van der Waals surface area (Å²) in [6, 6.07) is 7.06. The molecule has 0 spiro atoms. The zero-order valence-electron chi connectivity index (χ0n) is 15.0. The van der Waals surface area contributed by atoms with E-state index in [1.807, 2.05) is 24.5 Å². The van der Waals surface area contributed by atoms with Crippen LogP contribution in [0.25, 0.3) is 17.2 Å². The van der Waals surface area contributed by atoms with E-state index >= 15 is 0 Å². The van der Waals surface area contributed by atoms with Crippen LogP contribution in [0, 0.1) is 0 Å². The van der Waals surface area contributed by atoms with Crippen molar-refractivity contribution in [3.63, 3.8) is 0 Å². The van der Waals surface area contributed by atoms with Gasteiger partial charge in [0, 0.05) is 38.1 Å². The fourth-order valence-electron chi connectivity index (χ4n) is 2.32. The van der Waals surface area contributed by atoms with Crippen LogP contribution in [0.15, 0.2) is 47.3 Å². The second-order valence-electron chi connectivity index (χ2n) is 6.29. The number of oxazole rings is 1. The van der Waals surface area contributed by atoms with E-state index in [1.165, 1.54) is 14.1 Å². The highest BCUT2D eigenvalue weighted by molar-refractivity contribution is 7.90. The molecule has 3 rings (SSSR count). The molecule has 0 saturated heterocycles. The van der Waals surface area contributed by atoms with Gasteiger partial charge in [0.05, 0.1) is 5.69 Å². The van der Waals surface area contributed by atoms with Crippen LogP contribution in [0.3, 0.4) is 0 Å². The van der Waals surface area contributed by atoms with Crippen LogP contribution in [0.1, 0.15) is 25.7 Å². The molecular formula is C17H21N5O3S. The maximum Gasteiger partial charge on any atom is 0.301 e. The van der Waals surface area contributed by atoms with Crippen LogP contribution in [0.5, 0.6) is 0 Å². The standard InChI is InChI=1S/C17H21N5O3S/c1-12(2)17-19-15(11-25-17)16-18-8-9-22(16)14-7-5-6-13(10-14)20-26(23,24)21(3)4/h5-12,20H,1-4H3. The molecular weight excluding hydrogens is 354 g/mol. The third-order valence-corrected chi connectivity index (χ3v) is 5.19. The lowest BCUT2D eigenvalue weighted by Gasteiger charge is -2.14. The number of hydrogen-bond acceptors (Lipinski definition) is 5. The van der Waals surface area contributed by atoms with Crippen LogP contribution in [-0.2, 0) is 10.2 Å². The third kappa shape index (κ3) is 3.63. The average Bonchev–Trinajstić information content (AvgIpc) is 3.23. The number of hydrogen-bond donors (Lipinski definition) is 1. The van der Waals surface area contributed by atoms with Crippen molar-refractivity contribution in [1.29, 1.82) is 0 Å². The molecule has 1 N–H and O–H groups in total. The topological polar surface area (TPSA) is 93.3 Å². The number of nitrogens with one attached hydrogen (secondary N) is 1. The highest BCUT2D eigenvalue weighted by Gasteiger charge is 2.16. The van der Waals surface area contributed by atoms with Crippen molar-refractivity contribution in [3.8, 4) is 17.2 Å². The molecule has 0 atom stereocenters. The molecule has 1 aromatic carbocycles. The van der Waals surface area contributed by atoms with Gasteiger partial charge in [0.25, 0.3) is 0 Å². The number of rotatable bonds is 6. The van der Waals surface area contributed by atoms with Crippen LogP contribution >= 0.6 is 0 Å². The Morgan fingerprint density at radius 1 is 1.27 bits per heavy atom. The van der Waals surface area contributed by atoms with E-state index in [4.69, 9.17) is 4.42 Å². The van der Waals surface area contributed by atoms with Gasteiger partial charge < -0.3 is 4.42 Å². The monoisotopic (exact) mass is 375 g/mol. The summed E-state index contributed by atoms with van der Waals surface area (Å²) < 4.78 is 35.0. The number of benzene rings is 1. The van der Waals surface area contributed by atoms with E-state index < -0.39 is 10.2 Å². The smallest absolute Gasteiger partial charge is 0.301 e. The van der Waals surface area contributed by atoms with E-state index in [2.05, 4.69) is 14.7 Å². The zero-order valence-corrected chi connectivity index (χ0v) is 15.9. The number of aromatic nitrogens is 3. The van der Waals surface area contributed by atoms with Gasteiger partial charge in [-0.25, -0.2) is 9.97 Å². The Labute approximate surface area is 152 Å². The van der Waals surface area contributed by atoms with E-state index in [-0.39, 0.29) is 5.92 Å². The maximum absolute atomic E-state index is 12.0. The van der Waals surface area contributed by atoms with Crippen molar-refractivity contribution >= 4 is 15.9 Å². The van der Waals surface area contributed by atoms with Crippen molar-refractivity contribution in [2.45, 2.75) is 19.8 Å². The Hall–Kier alpha value is -2.65. The van der Waals surface area contributed by atoms with Gasteiger partial charge in [0.1, 0.15) is 12.0 Å². The summed E-state index contributed by atoms with van der Waals surface area (Å²) in [5.74, 6) is 1.44. The Morgan fingerprint density at radius 2 is 2.04 bits per heavy atom.